The number of nitrogens with zero attached hydrogens (tertiary/aromatic N) is 2. The molecule has 3 saturated heterocycles. The Balaban J connectivity index is 0.00000211. The molecule has 3 aromatic carbocycles. The van der Waals surface area contributed by atoms with Crippen LogP contribution in [0.4, 0.5) is 25.2 Å². The molecule has 3 aliphatic heterocycles. The van der Waals surface area contributed by atoms with E-state index in [-0.39, 0.29) is 50.3 Å². The Morgan fingerprint density at radius 2 is 1.19 bits per heavy atom. The molecule has 3 heterocycles. The van der Waals surface area contributed by atoms with E-state index in [4.69, 9.17) is 28.4 Å². The van der Waals surface area contributed by atoms with E-state index >= 15 is 4.79 Å². The molecule has 0 aromatic heterocycles. The van der Waals surface area contributed by atoms with Crippen molar-refractivity contribution in [1.29, 1.82) is 0 Å². The van der Waals surface area contributed by atoms with Crippen molar-refractivity contribution in [2.45, 2.75) is 260 Å². The van der Waals surface area contributed by atoms with Crippen LogP contribution in [0.2, 0.25) is 0 Å². The van der Waals surface area contributed by atoms with Crippen LogP contribution in [0.3, 0.4) is 0 Å². The van der Waals surface area contributed by atoms with Crippen molar-refractivity contribution in [2.75, 3.05) is 40.5 Å². The van der Waals surface area contributed by atoms with Gasteiger partial charge in [0.25, 0.3) is 0 Å². The number of unbranched alkanes of at least 4 members (excludes halogenated alkanes) is 4. The number of likely N-dealkylation sites (N-methyl/N-ethyl adjacent to an activating group) is 1. The number of carbonyl (C=O) groups is 2. The number of aliphatic hydroxyl groups is 5. The summed E-state index contributed by atoms with van der Waals surface area (Å²) in [5, 5.41) is 64.5. The van der Waals surface area contributed by atoms with Gasteiger partial charge in [-0.2, -0.15) is 0 Å². The molecule has 3 aromatic rings. The summed E-state index contributed by atoms with van der Waals surface area (Å²) in [6, 6.07) is 20.1. The van der Waals surface area contributed by atoms with E-state index in [9.17, 15) is 55.5 Å². The molecule has 0 aliphatic carbocycles. The zero-order valence-electron chi connectivity index (χ0n) is 58.6. The van der Waals surface area contributed by atoms with Gasteiger partial charge in [-0.25, -0.2) is 0 Å². The Kier molecular flexibility index (Phi) is 26.9. The number of benzene rings is 3. The molecule has 18 atom stereocenters. The molecule has 0 radical (unpaired) electrons. The van der Waals surface area contributed by atoms with Crippen LogP contribution in [0.1, 0.15) is 167 Å². The van der Waals surface area contributed by atoms with Crippen LogP contribution < -0.4 is 15.9 Å². The summed E-state index contributed by atoms with van der Waals surface area (Å²) in [5.41, 5.74) is 3.34. The predicted molar refractivity (Wildman–Crippen MR) is 358 cm³/mol. The van der Waals surface area contributed by atoms with Gasteiger partial charge in [-0.15, -0.1) is 0 Å². The van der Waals surface area contributed by atoms with Crippen molar-refractivity contribution >= 4 is 42.9 Å². The second-order valence-corrected chi connectivity index (χ2v) is 34.3. The molecular formula is C70H112F6N2O13P2. The summed E-state index contributed by atoms with van der Waals surface area (Å²) in [6.45, 7) is 30.6. The average molecular weight is 1370 g/mol. The number of amides is 1. The molecule has 0 saturated carbocycles. The molecule has 5 N–H and O–H groups in total. The van der Waals surface area contributed by atoms with Crippen molar-refractivity contribution in [3.05, 3.63) is 88.0 Å². The first-order chi connectivity index (χ1) is 42.7. The van der Waals surface area contributed by atoms with Crippen LogP contribution in [-0.4, -0.2) is 172 Å². The third-order valence-corrected chi connectivity index (χ3v) is 24.0. The van der Waals surface area contributed by atoms with Crippen LogP contribution in [-0.2, 0) is 38.0 Å². The van der Waals surface area contributed by atoms with Gasteiger partial charge in [0, 0.05) is 38.5 Å². The molecule has 0 bridgehead atoms. The number of carbonyl (C=O) groups excluding carboxylic acids is 2. The van der Waals surface area contributed by atoms with E-state index < -0.39 is 123 Å². The van der Waals surface area contributed by atoms with Crippen molar-refractivity contribution in [3.63, 3.8) is 0 Å². The van der Waals surface area contributed by atoms with Crippen molar-refractivity contribution < 1.29 is 88.7 Å². The Morgan fingerprint density at radius 1 is 0.720 bits per heavy atom. The van der Waals surface area contributed by atoms with E-state index in [1.54, 1.807) is 46.4 Å². The summed E-state index contributed by atoms with van der Waals surface area (Å²) in [6.07, 6.45) is -3.43. The number of cyclic esters (lactones) is 1. The number of rotatable bonds is 19. The molecule has 6 rings (SSSR count). The molecular weight excluding hydrogens is 1250 g/mol. The molecule has 93 heavy (non-hydrogen) atoms. The minimum absolute atomic E-state index is 0.0753. The molecule has 3 aliphatic rings. The van der Waals surface area contributed by atoms with Gasteiger partial charge in [-0.1, -0.05) is 58.7 Å². The SMILES string of the molecule is CC[C@H]1OC(=O)[C@H](C)[C@@H](O[C@H]2C[C@@](C)(OC)[C@@H](O)[C@H](C)O2)[C@H](C)[C@@H](O[C@@H]2O[C@H](C)C[C@H](N(C)C)[C@H]2O)[C@](C)(O)C[C@@H](C)CN(C(=O)CCCCCCC[P+](c2cc(C)cc(C)c2)(c2cc(C)cc(C)c2)c2cc(C)cc(C)c2)[C@H](C)[C@@H](O)[C@]1(C)CO.F[P-](F)(F)(F)(F)F. The van der Waals surface area contributed by atoms with Crippen LogP contribution in [0, 0.1) is 64.7 Å². The fourth-order valence-corrected chi connectivity index (χ4v) is 19.7. The number of hydrogen-bond donors (Lipinski definition) is 5. The van der Waals surface area contributed by atoms with Crippen molar-refractivity contribution in [3.8, 4) is 0 Å². The van der Waals surface area contributed by atoms with E-state index in [0.717, 1.165) is 31.8 Å². The molecule has 532 valence electrons. The third kappa shape index (κ3) is 21.5. The van der Waals surface area contributed by atoms with Gasteiger partial charge in [-0.3, -0.25) is 9.59 Å². The van der Waals surface area contributed by atoms with E-state index in [0.29, 0.717) is 12.8 Å². The van der Waals surface area contributed by atoms with Gasteiger partial charge in [0.2, 0.25) is 5.91 Å². The van der Waals surface area contributed by atoms with Crippen LogP contribution in [0.15, 0.2) is 54.6 Å². The Morgan fingerprint density at radius 3 is 1.65 bits per heavy atom. The fourth-order valence-electron chi connectivity index (χ4n) is 14.8. The number of hydrogen-bond acceptors (Lipinski definition) is 14. The second-order valence-electron chi connectivity index (χ2n) is 28.8. The summed E-state index contributed by atoms with van der Waals surface area (Å²) < 4.78 is 98.0. The summed E-state index contributed by atoms with van der Waals surface area (Å²) in [5.74, 6) is -3.17. The molecule has 23 heteroatoms. The quantitative estimate of drug-likeness (QED) is 0.0329. The molecule has 15 nitrogen and oxygen atoms in total. The maximum absolute atomic E-state index is 15.0. The van der Waals surface area contributed by atoms with Gasteiger partial charge in [-0.05, 0) is 211 Å². The zero-order chi connectivity index (χ0) is 70.4. The number of esters is 1. The number of aliphatic hydroxyl groups excluding tert-OH is 4. The van der Waals surface area contributed by atoms with E-state index in [2.05, 4.69) is 96.1 Å². The minimum atomic E-state index is -10.7. The van der Waals surface area contributed by atoms with E-state index in [1.807, 2.05) is 46.7 Å². The van der Waals surface area contributed by atoms with Gasteiger partial charge in [0.1, 0.15) is 41.5 Å². The number of aryl methyl sites for hydroxylation is 6. The van der Waals surface area contributed by atoms with Gasteiger partial charge in [0.15, 0.2) is 12.6 Å². The summed E-state index contributed by atoms with van der Waals surface area (Å²) in [7, 11) is -7.50. The Bertz CT molecular complexity index is 2770. The number of halogens is 6. The monoisotopic (exact) mass is 1360 g/mol. The van der Waals surface area contributed by atoms with Gasteiger partial charge < -0.3 is 63.8 Å². The maximum atomic E-state index is 15.0. The first-order valence-electron chi connectivity index (χ1n) is 33.1. The third-order valence-electron chi connectivity index (χ3n) is 19.6. The van der Waals surface area contributed by atoms with Crippen LogP contribution in [0.25, 0.3) is 0 Å². The Labute approximate surface area is 550 Å². The standard InChI is InChI=1S/C70H112N2O13P.F6P/c1-20-58-68(14,41-73)63(76)52(12)72(59(74)26-24-22-21-23-25-27-86(54-31-42(2)28-43(3)32-54,55-33-44(4)29-45(5)34-55)56-35-46(6)30-47(7)36-56)40-48(8)38-69(15,79)65(85-67-61(75)57(71(17)18)37-49(9)81-67)50(10)62(51(11)66(78)83-58)84-60-39-70(16,80-19)64(77)53(13)82-60;1-7(2,3,4,5)6/h28-36,48-53,57-58,60-65,67,73,75-77,79H,20-27,37-41H2,1-19H3;/q+1;-1/t48-,49-,50+,51-,52-,53+,57+,58-,60+,61-,62+,63-,64+,65-,67+,68-,69-,70-;/m1./s1. The number of methoxy groups -OCH3 is 1. The van der Waals surface area contributed by atoms with Gasteiger partial charge >= 0.3 is 39.0 Å². The summed E-state index contributed by atoms with van der Waals surface area (Å²) in [4.78, 5) is 33.6. The van der Waals surface area contributed by atoms with Gasteiger partial charge in [0.05, 0.1) is 71.9 Å². The van der Waals surface area contributed by atoms with Crippen molar-refractivity contribution in [2.24, 2.45) is 23.2 Å². The fraction of sp³-hybridized carbons (Fsp3) is 0.714. The molecule has 0 spiro atoms. The first-order valence-corrected chi connectivity index (χ1v) is 37.1. The van der Waals surface area contributed by atoms with Crippen LogP contribution >= 0.6 is 15.1 Å². The average Bonchev–Trinajstić information content (AvgIpc) is 0.941. The van der Waals surface area contributed by atoms with Crippen molar-refractivity contribution in [1.82, 2.24) is 9.80 Å². The second kappa shape index (κ2) is 31.2. The topological polar surface area (TPSA) is 197 Å². The van der Waals surface area contributed by atoms with E-state index in [1.165, 1.54) is 56.4 Å². The molecule has 1 amide bonds. The first kappa shape index (κ1) is 80.3. The Hall–Kier alpha value is -3.40. The zero-order valence-corrected chi connectivity index (χ0v) is 60.4. The van der Waals surface area contributed by atoms with Crippen LogP contribution in [0.5, 0.6) is 0 Å². The summed E-state index contributed by atoms with van der Waals surface area (Å²) >= 11 is 0. The molecule has 0 unspecified atom stereocenters. The molecule has 3 fully saturated rings. The predicted octanol–water partition coefficient (Wildman–Crippen LogP) is 12.6. The number of ether oxygens (including phenoxy) is 6. The normalized spacial score (nSPS) is 33.7.